The van der Waals surface area contributed by atoms with E-state index >= 15 is 0 Å². The summed E-state index contributed by atoms with van der Waals surface area (Å²) in [5.74, 6) is -0.671. The van der Waals surface area contributed by atoms with Crippen molar-refractivity contribution in [1.82, 2.24) is 9.21 Å². The second-order valence-electron chi connectivity index (χ2n) is 7.87. The molecule has 3 rings (SSSR count). The molecule has 1 aromatic rings. The van der Waals surface area contributed by atoms with Crippen molar-refractivity contribution in [2.75, 3.05) is 32.8 Å². The molecular weight excluding hydrogens is 392 g/mol. The largest absolute Gasteiger partial charge is 0.466 e. The molecule has 2 aliphatic rings. The first-order chi connectivity index (χ1) is 13.8. The first kappa shape index (κ1) is 21.8. The van der Waals surface area contributed by atoms with Gasteiger partial charge in [0.25, 0.3) is 0 Å². The number of esters is 1. The molecule has 0 spiro atoms. The zero-order chi connectivity index (χ0) is 21.0. The van der Waals surface area contributed by atoms with Gasteiger partial charge in [0.1, 0.15) is 0 Å². The molecule has 2 aliphatic heterocycles. The van der Waals surface area contributed by atoms with Gasteiger partial charge in [-0.05, 0) is 51.7 Å². The summed E-state index contributed by atoms with van der Waals surface area (Å²) in [6, 6.07) is 6.81. The van der Waals surface area contributed by atoms with E-state index in [4.69, 9.17) is 4.74 Å². The fourth-order valence-electron chi connectivity index (χ4n) is 4.08. The van der Waals surface area contributed by atoms with E-state index in [0.29, 0.717) is 51.9 Å². The molecule has 0 radical (unpaired) electrons. The Bertz CT molecular complexity index is 829. The fraction of sp³-hybridized carbons (Fsp3) is 0.619. The van der Waals surface area contributed by atoms with Crippen molar-refractivity contribution in [3.63, 3.8) is 0 Å². The normalized spacial score (nSPS) is 21.7. The number of rotatable bonds is 5. The maximum absolute atomic E-state index is 13.0. The molecule has 1 amide bonds. The van der Waals surface area contributed by atoms with E-state index in [9.17, 15) is 18.0 Å². The van der Waals surface area contributed by atoms with Gasteiger partial charge < -0.3 is 9.64 Å². The number of nitrogens with zero attached hydrogens (tertiary/aromatic N) is 2. The Morgan fingerprint density at radius 2 is 1.69 bits per heavy atom. The topological polar surface area (TPSA) is 84.0 Å². The van der Waals surface area contributed by atoms with E-state index in [2.05, 4.69) is 0 Å². The number of amides is 1. The molecule has 1 aromatic carbocycles. The zero-order valence-electron chi connectivity index (χ0n) is 17.2. The predicted octanol–water partition coefficient (Wildman–Crippen LogP) is 2.20. The summed E-state index contributed by atoms with van der Waals surface area (Å²) in [6.07, 6.45) is 2.56. The number of hydrogen-bond donors (Lipinski definition) is 0. The average Bonchev–Trinajstić information content (AvgIpc) is 2.74. The number of likely N-dealkylation sites (tertiary alicyclic amines) is 1. The van der Waals surface area contributed by atoms with E-state index in [-0.39, 0.29) is 35.2 Å². The predicted molar refractivity (Wildman–Crippen MR) is 109 cm³/mol. The molecule has 2 heterocycles. The van der Waals surface area contributed by atoms with Crippen LogP contribution in [-0.4, -0.2) is 62.3 Å². The molecule has 2 fully saturated rings. The summed E-state index contributed by atoms with van der Waals surface area (Å²) in [4.78, 5) is 26.9. The summed E-state index contributed by atoms with van der Waals surface area (Å²) >= 11 is 0. The van der Waals surface area contributed by atoms with Crippen LogP contribution in [0.2, 0.25) is 0 Å². The van der Waals surface area contributed by atoms with Crippen molar-refractivity contribution in [1.29, 1.82) is 0 Å². The Morgan fingerprint density at radius 1 is 1.03 bits per heavy atom. The van der Waals surface area contributed by atoms with Gasteiger partial charge in [0.15, 0.2) is 0 Å². The third kappa shape index (κ3) is 4.98. The number of carbonyl (C=O) groups is 2. The molecule has 0 saturated carbocycles. The summed E-state index contributed by atoms with van der Waals surface area (Å²) < 4.78 is 32.5. The van der Waals surface area contributed by atoms with E-state index in [0.717, 1.165) is 5.56 Å². The van der Waals surface area contributed by atoms with Crippen LogP contribution in [0.15, 0.2) is 29.2 Å². The highest BCUT2D eigenvalue weighted by Crippen LogP contribution is 2.27. The summed E-state index contributed by atoms with van der Waals surface area (Å²) in [5.41, 5.74) is 1.00. The van der Waals surface area contributed by atoms with Crippen LogP contribution < -0.4 is 0 Å². The molecule has 1 atom stereocenters. The highest BCUT2D eigenvalue weighted by Gasteiger charge is 2.36. The molecule has 7 nitrogen and oxygen atoms in total. The van der Waals surface area contributed by atoms with Gasteiger partial charge in [0, 0.05) is 26.2 Å². The standard InChI is InChI=1S/C21H30N2O5S/c1-3-28-21(25)17-10-13-22(14-11-17)20(24)18-5-4-12-23(15-18)29(26,27)19-8-6-16(2)7-9-19/h6-9,17-18H,3-5,10-15H2,1-2H3. The van der Waals surface area contributed by atoms with Crippen LogP contribution in [0, 0.1) is 18.8 Å². The lowest BCUT2D eigenvalue weighted by Crippen LogP contribution is -2.49. The minimum atomic E-state index is -3.60. The maximum Gasteiger partial charge on any atom is 0.309 e. The number of aryl methyl sites for hydroxylation is 1. The Hall–Kier alpha value is -1.93. The van der Waals surface area contributed by atoms with Crippen LogP contribution >= 0.6 is 0 Å². The molecule has 0 aliphatic carbocycles. The molecular formula is C21H30N2O5S. The van der Waals surface area contributed by atoms with Crippen molar-refractivity contribution in [3.05, 3.63) is 29.8 Å². The van der Waals surface area contributed by atoms with Crippen molar-refractivity contribution in [2.45, 2.75) is 44.4 Å². The molecule has 0 aromatic heterocycles. The van der Waals surface area contributed by atoms with Crippen LogP contribution in [0.4, 0.5) is 0 Å². The molecule has 0 bridgehead atoms. The Labute approximate surface area is 173 Å². The molecule has 0 N–H and O–H groups in total. The smallest absolute Gasteiger partial charge is 0.309 e. The number of piperidine rings is 2. The third-order valence-corrected chi connectivity index (χ3v) is 7.70. The third-order valence-electron chi connectivity index (χ3n) is 5.82. The number of sulfonamides is 1. The van der Waals surface area contributed by atoms with Gasteiger partial charge in [-0.3, -0.25) is 9.59 Å². The van der Waals surface area contributed by atoms with Gasteiger partial charge in [-0.2, -0.15) is 4.31 Å². The van der Waals surface area contributed by atoms with Crippen molar-refractivity contribution in [2.24, 2.45) is 11.8 Å². The SMILES string of the molecule is CCOC(=O)C1CCN(C(=O)C2CCCN(S(=O)(=O)c3ccc(C)cc3)C2)CC1. The minimum absolute atomic E-state index is 0.00360. The van der Waals surface area contributed by atoms with Crippen LogP contribution in [0.3, 0.4) is 0 Å². The number of carbonyl (C=O) groups excluding carboxylic acids is 2. The van der Waals surface area contributed by atoms with Crippen LogP contribution in [0.1, 0.15) is 38.2 Å². The molecule has 160 valence electrons. The lowest BCUT2D eigenvalue weighted by molar-refractivity contribution is -0.152. The number of ether oxygens (including phenoxy) is 1. The number of hydrogen-bond acceptors (Lipinski definition) is 5. The second kappa shape index (κ2) is 9.26. The number of benzene rings is 1. The van der Waals surface area contributed by atoms with Gasteiger partial charge in [-0.25, -0.2) is 8.42 Å². The van der Waals surface area contributed by atoms with Gasteiger partial charge in [0.2, 0.25) is 15.9 Å². The first-order valence-corrected chi connectivity index (χ1v) is 11.8. The summed E-state index contributed by atoms with van der Waals surface area (Å²) in [7, 11) is -3.60. The highest BCUT2D eigenvalue weighted by atomic mass is 32.2. The van der Waals surface area contributed by atoms with E-state index in [1.54, 1.807) is 36.1 Å². The Kier molecular flexibility index (Phi) is 6.95. The first-order valence-electron chi connectivity index (χ1n) is 10.3. The fourth-order valence-corrected chi connectivity index (χ4v) is 5.60. The van der Waals surface area contributed by atoms with E-state index in [1.807, 2.05) is 6.92 Å². The Balaban J connectivity index is 1.61. The highest BCUT2D eigenvalue weighted by molar-refractivity contribution is 7.89. The molecule has 29 heavy (non-hydrogen) atoms. The van der Waals surface area contributed by atoms with Gasteiger partial charge in [-0.15, -0.1) is 0 Å². The van der Waals surface area contributed by atoms with Crippen molar-refractivity contribution in [3.8, 4) is 0 Å². The van der Waals surface area contributed by atoms with Crippen molar-refractivity contribution < 1.29 is 22.7 Å². The lowest BCUT2D eigenvalue weighted by Gasteiger charge is -2.37. The second-order valence-corrected chi connectivity index (χ2v) is 9.80. The van der Waals surface area contributed by atoms with Crippen LogP contribution in [0.25, 0.3) is 0 Å². The van der Waals surface area contributed by atoms with Gasteiger partial charge in [0.05, 0.1) is 23.3 Å². The minimum Gasteiger partial charge on any atom is -0.466 e. The quantitative estimate of drug-likeness (QED) is 0.679. The average molecular weight is 423 g/mol. The molecule has 2 saturated heterocycles. The van der Waals surface area contributed by atoms with Gasteiger partial charge in [-0.1, -0.05) is 17.7 Å². The van der Waals surface area contributed by atoms with E-state index < -0.39 is 10.0 Å². The zero-order valence-corrected chi connectivity index (χ0v) is 18.0. The van der Waals surface area contributed by atoms with Crippen LogP contribution in [-0.2, 0) is 24.3 Å². The lowest BCUT2D eigenvalue weighted by atomic mass is 9.93. The van der Waals surface area contributed by atoms with Crippen molar-refractivity contribution >= 4 is 21.9 Å². The molecule has 8 heteroatoms. The van der Waals surface area contributed by atoms with Gasteiger partial charge >= 0.3 is 5.97 Å². The molecule has 1 unspecified atom stereocenters. The maximum atomic E-state index is 13.0. The summed E-state index contributed by atoms with van der Waals surface area (Å²) in [5, 5.41) is 0. The monoisotopic (exact) mass is 422 g/mol. The summed E-state index contributed by atoms with van der Waals surface area (Å²) in [6.45, 7) is 5.75. The Morgan fingerprint density at radius 3 is 2.31 bits per heavy atom. The van der Waals surface area contributed by atoms with E-state index in [1.165, 1.54) is 4.31 Å². The van der Waals surface area contributed by atoms with Crippen LogP contribution in [0.5, 0.6) is 0 Å².